The van der Waals surface area contributed by atoms with E-state index in [1.165, 1.54) is 0 Å². The van der Waals surface area contributed by atoms with E-state index in [0.717, 1.165) is 5.56 Å². The fraction of sp³-hybridized carbons (Fsp3) is 0.500. The SMILES string of the molecule is COc1ccc(CNCCCC(F)(F)F)c(N)c1. The number of hydrogen-bond donors (Lipinski definition) is 2. The molecule has 6 heteroatoms. The molecular weight excluding hydrogens is 245 g/mol. The average molecular weight is 262 g/mol. The summed E-state index contributed by atoms with van der Waals surface area (Å²) in [6, 6.07) is 5.25. The lowest BCUT2D eigenvalue weighted by Crippen LogP contribution is -2.18. The fourth-order valence-electron chi connectivity index (χ4n) is 1.50. The van der Waals surface area contributed by atoms with Crippen LogP contribution in [0.5, 0.6) is 5.75 Å². The van der Waals surface area contributed by atoms with Crippen molar-refractivity contribution in [2.24, 2.45) is 0 Å². The highest BCUT2D eigenvalue weighted by atomic mass is 19.4. The van der Waals surface area contributed by atoms with Crippen LogP contribution in [0, 0.1) is 0 Å². The van der Waals surface area contributed by atoms with E-state index < -0.39 is 12.6 Å². The van der Waals surface area contributed by atoms with Crippen molar-refractivity contribution in [3.05, 3.63) is 23.8 Å². The van der Waals surface area contributed by atoms with Crippen LogP contribution < -0.4 is 15.8 Å². The molecule has 0 radical (unpaired) electrons. The number of hydrogen-bond acceptors (Lipinski definition) is 3. The van der Waals surface area contributed by atoms with Gasteiger partial charge in [0.05, 0.1) is 7.11 Å². The molecule has 0 aromatic heterocycles. The normalized spacial score (nSPS) is 11.6. The van der Waals surface area contributed by atoms with Gasteiger partial charge in [0.1, 0.15) is 5.75 Å². The van der Waals surface area contributed by atoms with Gasteiger partial charge in [0.2, 0.25) is 0 Å². The summed E-state index contributed by atoms with van der Waals surface area (Å²) in [4.78, 5) is 0. The largest absolute Gasteiger partial charge is 0.497 e. The molecule has 18 heavy (non-hydrogen) atoms. The first-order valence-corrected chi connectivity index (χ1v) is 5.62. The van der Waals surface area contributed by atoms with Crippen molar-refractivity contribution in [1.82, 2.24) is 5.32 Å². The van der Waals surface area contributed by atoms with Crippen LogP contribution in [0.2, 0.25) is 0 Å². The van der Waals surface area contributed by atoms with E-state index in [1.54, 1.807) is 25.3 Å². The zero-order chi connectivity index (χ0) is 13.6. The molecule has 1 rings (SSSR count). The Balaban J connectivity index is 2.31. The van der Waals surface area contributed by atoms with E-state index in [1.807, 2.05) is 0 Å². The molecule has 1 aromatic rings. The Bertz CT molecular complexity index is 380. The molecule has 3 nitrogen and oxygen atoms in total. The first-order valence-electron chi connectivity index (χ1n) is 5.62. The topological polar surface area (TPSA) is 47.3 Å². The minimum atomic E-state index is -4.08. The van der Waals surface area contributed by atoms with Gasteiger partial charge in [0, 0.05) is 24.7 Å². The predicted molar refractivity (Wildman–Crippen MR) is 64.4 cm³/mol. The molecule has 0 fully saturated rings. The maximum absolute atomic E-state index is 11.9. The highest BCUT2D eigenvalue weighted by molar-refractivity contribution is 5.51. The first-order chi connectivity index (χ1) is 8.42. The van der Waals surface area contributed by atoms with E-state index in [4.69, 9.17) is 10.5 Å². The molecule has 0 heterocycles. The number of rotatable bonds is 6. The monoisotopic (exact) mass is 262 g/mol. The summed E-state index contributed by atoms with van der Waals surface area (Å²) in [6.45, 7) is 0.763. The van der Waals surface area contributed by atoms with Gasteiger partial charge in [-0.2, -0.15) is 13.2 Å². The molecule has 0 amide bonds. The van der Waals surface area contributed by atoms with Crippen molar-refractivity contribution in [3.63, 3.8) is 0 Å². The van der Waals surface area contributed by atoms with Crippen LogP contribution in [0.4, 0.5) is 18.9 Å². The zero-order valence-electron chi connectivity index (χ0n) is 10.2. The number of nitrogen functional groups attached to an aromatic ring is 1. The molecule has 0 saturated carbocycles. The molecule has 0 spiro atoms. The molecule has 0 bridgehead atoms. The number of ether oxygens (including phenoxy) is 1. The standard InChI is InChI=1S/C12H17F3N2O/c1-18-10-4-3-9(11(16)7-10)8-17-6-2-5-12(13,14)15/h3-4,7,17H,2,5-6,8,16H2,1H3. The Kier molecular flexibility index (Phi) is 5.27. The van der Waals surface area contributed by atoms with Gasteiger partial charge in [-0.05, 0) is 24.6 Å². The minimum Gasteiger partial charge on any atom is -0.497 e. The summed E-state index contributed by atoms with van der Waals surface area (Å²) in [5.41, 5.74) is 7.20. The summed E-state index contributed by atoms with van der Waals surface area (Å²) < 4.78 is 40.7. The summed E-state index contributed by atoms with van der Waals surface area (Å²) >= 11 is 0. The van der Waals surface area contributed by atoms with Crippen LogP contribution in [0.1, 0.15) is 18.4 Å². The number of halogens is 3. The van der Waals surface area contributed by atoms with Gasteiger partial charge in [-0.1, -0.05) is 6.07 Å². The van der Waals surface area contributed by atoms with Crippen LogP contribution >= 0.6 is 0 Å². The molecule has 0 atom stereocenters. The van der Waals surface area contributed by atoms with Crippen molar-refractivity contribution in [2.75, 3.05) is 19.4 Å². The van der Waals surface area contributed by atoms with Gasteiger partial charge >= 0.3 is 6.18 Å². The molecule has 0 aliphatic heterocycles. The summed E-state index contributed by atoms with van der Waals surface area (Å²) in [5.74, 6) is 0.660. The highest BCUT2D eigenvalue weighted by Crippen LogP contribution is 2.21. The third-order valence-electron chi connectivity index (χ3n) is 2.48. The number of anilines is 1. The smallest absolute Gasteiger partial charge is 0.389 e. The van der Waals surface area contributed by atoms with Gasteiger partial charge in [-0.3, -0.25) is 0 Å². The summed E-state index contributed by atoms with van der Waals surface area (Å²) in [5, 5.41) is 2.93. The van der Waals surface area contributed by atoms with Crippen LogP contribution in [0.15, 0.2) is 18.2 Å². The van der Waals surface area contributed by atoms with Gasteiger partial charge in [-0.25, -0.2) is 0 Å². The van der Waals surface area contributed by atoms with Crippen molar-refractivity contribution >= 4 is 5.69 Å². The maximum Gasteiger partial charge on any atom is 0.389 e. The molecule has 0 aliphatic carbocycles. The Morgan fingerprint density at radius 2 is 2.06 bits per heavy atom. The van der Waals surface area contributed by atoms with E-state index in [2.05, 4.69) is 5.32 Å². The van der Waals surface area contributed by atoms with Crippen LogP contribution in [-0.2, 0) is 6.54 Å². The number of alkyl halides is 3. The second-order valence-corrected chi connectivity index (χ2v) is 3.96. The lowest BCUT2D eigenvalue weighted by molar-refractivity contribution is -0.135. The second kappa shape index (κ2) is 6.49. The van der Waals surface area contributed by atoms with Crippen molar-refractivity contribution in [3.8, 4) is 5.75 Å². The molecule has 102 valence electrons. The van der Waals surface area contributed by atoms with Crippen molar-refractivity contribution in [1.29, 1.82) is 0 Å². The Morgan fingerprint density at radius 1 is 1.33 bits per heavy atom. The number of nitrogens with one attached hydrogen (secondary N) is 1. The van der Waals surface area contributed by atoms with Gasteiger partial charge in [0.25, 0.3) is 0 Å². The Hall–Kier alpha value is -1.43. The third kappa shape index (κ3) is 5.27. The number of benzene rings is 1. The predicted octanol–water partition coefficient (Wildman–Crippen LogP) is 2.71. The van der Waals surface area contributed by atoms with Crippen LogP contribution in [0.25, 0.3) is 0 Å². The molecule has 3 N–H and O–H groups in total. The summed E-state index contributed by atoms with van der Waals surface area (Å²) in [6.07, 6.45) is -4.78. The van der Waals surface area contributed by atoms with Gasteiger partial charge in [0.15, 0.2) is 0 Å². The quantitative estimate of drug-likeness (QED) is 0.612. The lowest BCUT2D eigenvalue weighted by Gasteiger charge is -2.10. The van der Waals surface area contributed by atoms with Crippen LogP contribution in [0.3, 0.4) is 0 Å². The molecule has 0 saturated heterocycles. The van der Waals surface area contributed by atoms with E-state index in [9.17, 15) is 13.2 Å². The maximum atomic E-state index is 11.9. The second-order valence-electron chi connectivity index (χ2n) is 3.96. The Labute approximate surface area is 104 Å². The highest BCUT2D eigenvalue weighted by Gasteiger charge is 2.25. The van der Waals surface area contributed by atoms with E-state index >= 15 is 0 Å². The number of methoxy groups -OCH3 is 1. The Morgan fingerprint density at radius 3 is 2.61 bits per heavy atom. The lowest BCUT2D eigenvalue weighted by atomic mass is 10.1. The molecule has 0 aliphatic rings. The minimum absolute atomic E-state index is 0.0690. The fourth-order valence-corrected chi connectivity index (χ4v) is 1.50. The average Bonchev–Trinajstić information content (AvgIpc) is 2.29. The van der Waals surface area contributed by atoms with Gasteiger partial charge in [-0.15, -0.1) is 0 Å². The molecule has 0 unspecified atom stereocenters. The van der Waals surface area contributed by atoms with E-state index in [-0.39, 0.29) is 6.42 Å². The van der Waals surface area contributed by atoms with Crippen molar-refractivity contribution in [2.45, 2.75) is 25.6 Å². The van der Waals surface area contributed by atoms with Gasteiger partial charge < -0.3 is 15.8 Å². The van der Waals surface area contributed by atoms with E-state index in [0.29, 0.717) is 24.5 Å². The zero-order valence-corrected chi connectivity index (χ0v) is 10.2. The number of nitrogens with two attached hydrogens (primary N) is 1. The molecular formula is C12H17F3N2O. The van der Waals surface area contributed by atoms with Crippen molar-refractivity contribution < 1.29 is 17.9 Å². The summed E-state index contributed by atoms with van der Waals surface area (Å²) in [7, 11) is 1.55. The first kappa shape index (κ1) is 14.6. The third-order valence-corrected chi connectivity index (χ3v) is 2.48. The molecule has 1 aromatic carbocycles. The van der Waals surface area contributed by atoms with Crippen LogP contribution in [-0.4, -0.2) is 19.8 Å².